The highest BCUT2D eigenvalue weighted by atomic mass is 35.5. The van der Waals surface area contributed by atoms with E-state index >= 15 is 0 Å². The molecule has 0 spiro atoms. The Hall–Kier alpha value is -2.60. The van der Waals surface area contributed by atoms with E-state index in [1.54, 1.807) is 36.5 Å². The van der Waals surface area contributed by atoms with Crippen molar-refractivity contribution in [2.24, 2.45) is 0 Å². The minimum absolute atomic E-state index is 0.0117. The topological polar surface area (TPSA) is 42.0 Å². The van der Waals surface area contributed by atoms with Gasteiger partial charge in [0.1, 0.15) is 0 Å². The number of hydrogen-bond acceptors (Lipinski definition) is 2. The molecular weight excluding hydrogens is 341 g/mol. The number of fused-ring (bicyclic) bond motifs is 1. The number of benzene rings is 2. The third-order valence-corrected chi connectivity index (χ3v) is 3.75. The predicted octanol–water partition coefficient (Wildman–Crippen LogP) is 5.16. The summed E-state index contributed by atoms with van der Waals surface area (Å²) < 4.78 is 38.7. The summed E-state index contributed by atoms with van der Waals surface area (Å²) in [7, 11) is 0. The normalized spacial score (nSPS) is 11.5. The van der Waals surface area contributed by atoms with E-state index in [2.05, 4.69) is 10.3 Å². The van der Waals surface area contributed by atoms with Gasteiger partial charge >= 0.3 is 6.18 Å². The van der Waals surface area contributed by atoms with Gasteiger partial charge in [0, 0.05) is 22.8 Å². The molecule has 24 heavy (non-hydrogen) atoms. The average molecular weight is 351 g/mol. The Morgan fingerprint density at radius 2 is 1.88 bits per heavy atom. The molecule has 0 unspecified atom stereocenters. The SMILES string of the molecule is O=C(Nc1ccc(Cl)c(C(F)(F)F)c1)c1cccc2ncccc12. The quantitative estimate of drug-likeness (QED) is 0.693. The molecule has 7 heteroatoms. The summed E-state index contributed by atoms with van der Waals surface area (Å²) in [6.07, 6.45) is -3.00. The van der Waals surface area contributed by atoms with E-state index in [1.807, 2.05) is 0 Å². The molecular formula is C17H10ClF3N2O. The van der Waals surface area contributed by atoms with E-state index in [-0.39, 0.29) is 5.69 Å². The molecule has 1 amide bonds. The zero-order valence-electron chi connectivity index (χ0n) is 12.1. The van der Waals surface area contributed by atoms with Crippen LogP contribution in [0, 0.1) is 0 Å². The number of carbonyl (C=O) groups is 1. The zero-order valence-corrected chi connectivity index (χ0v) is 12.8. The third kappa shape index (κ3) is 3.19. The molecule has 0 fully saturated rings. The number of nitrogens with one attached hydrogen (secondary N) is 1. The van der Waals surface area contributed by atoms with Gasteiger partial charge in [0.25, 0.3) is 5.91 Å². The minimum Gasteiger partial charge on any atom is -0.322 e. The maximum atomic E-state index is 12.9. The summed E-state index contributed by atoms with van der Waals surface area (Å²) in [6.45, 7) is 0. The first-order valence-corrected chi connectivity index (χ1v) is 7.26. The molecule has 3 rings (SSSR count). The maximum absolute atomic E-state index is 12.9. The van der Waals surface area contributed by atoms with Gasteiger partial charge in [-0.25, -0.2) is 0 Å². The number of pyridine rings is 1. The Labute approximate surface area is 140 Å². The molecule has 1 heterocycles. The Morgan fingerprint density at radius 3 is 2.62 bits per heavy atom. The number of hydrogen-bond donors (Lipinski definition) is 1. The number of anilines is 1. The second kappa shape index (κ2) is 6.13. The molecule has 3 aromatic rings. The fraction of sp³-hybridized carbons (Fsp3) is 0.0588. The van der Waals surface area contributed by atoms with Crippen LogP contribution in [0.1, 0.15) is 15.9 Å². The maximum Gasteiger partial charge on any atom is 0.417 e. The van der Waals surface area contributed by atoms with E-state index in [9.17, 15) is 18.0 Å². The lowest BCUT2D eigenvalue weighted by atomic mass is 10.1. The van der Waals surface area contributed by atoms with Crippen LogP contribution < -0.4 is 5.32 Å². The Bertz CT molecular complexity index is 920. The standard InChI is InChI=1S/C17H10ClF3N2O/c18-14-7-6-10(9-13(14)17(19,20)21)23-16(24)12-3-1-5-15-11(12)4-2-8-22-15/h1-9H,(H,23,24). The van der Waals surface area contributed by atoms with Gasteiger partial charge in [-0.2, -0.15) is 13.2 Å². The van der Waals surface area contributed by atoms with Gasteiger partial charge in [0.05, 0.1) is 16.1 Å². The lowest BCUT2D eigenvalue weighted by molar-refractivity contribution is -0.137. The Balaban J connectivity index is 1.95. The van der Waals surface area contributed by atoms with Crippen LogP contribution in [0.4, 0.5) is 18.9 Å². The van der Waals surface area contributed by atoms with Crippen molar-refractivity contribution in [2.45, 2.75) is 6.18 Å². The van der Waals surface area contributed by atoms with Gasteiger partial charge in [0.15, 0.2) is 0 Å². The molecule has 122 valence electrons. The first kappa shape index (κ1) is 16.3. The van der Waals surface area contributed by atoms with Crippen LogP contribution in [-0.4, -0.2) is 10.9 Å². The summed E-state index contributed by atoms with van der Waals surface area (Å²) in [5.41, 5.74) is -0.0412. The molecule has 2 aromatic carbocycles. The van der Waals surface area contributed by atoms with Crippen LogP contribution in [-0.2, 0) is 6.18 Å². The highest BCUT2D eigenvalue weighted by Gasteiger charge is 2.33. The Morgan fingerprint density at radius 1 is 1.08 bits per heavy atom. The van der Waals surface area contributed by atoms with Gasteiger partial charge < -0.3 is 5.32 Å². The fourth-order valence-corrected chi connectivity index (χ4v) is 2.54. The molecule has 3 nitrogen and oxygen atoms in total. The lowest BCUT2D eigenvalue weighted by Crippen LogP contribution is -2.14. The molecule has 0 aliphatic rings. The summed E-state index contributed by atoms with van der Waals surface area (Å²) >= 11 is 5.57. The molecule has 0 aliphatic carbocycles. The van der Waals surface area contributed by atoms with Gasteiger partial charge in [-0.1, -0.05) is 23.7 Å². The van der Waals surface area contributed by atoms with Gasteiger partial charge in [-0.3, -0.25) is 9.78 Å². The molecule has 1 N–H and O–H groups in total. The van der Waals surface area contributed by atoms with Crippen molar-refractivity contribution in [3.63, 3.8) is 0 Å². The second-order valence-electron chi connectivity index (χ2n) is 5.02. The lowest BCUT2D eigenvalue weighted by Gasteiger charge is -2.12. The number of alkyl halides is 3. The molecule has 0 radical (unpaired) electrons. The predicted molar refractivity (Wildman–Crippen MR) is 86.2 cm³/mol. The summed E-state index contributed by atoms with van der Waals surface area (Å²) in [5.74, 6) is -0.524. The van der Waals surface area contributed by atoms with E-state index in [4.69, 9.17) is 11.6 Å². The van der Waals surface area contributed by atoms with Crippen molar-refractivity contribution < 1.29 is 18.0 Å². The van der Waals surface area contributed by atoms with E-state index in [1.165, 1.54) is 6.07 Å². The number of rotatable bonds is 2. The smallest absolute Gasteiger partial charge is 0.322 e. The third-order valence-electron chi connectivity index (χ3n) is 3.42. The number of amides is 1. The monoisotopic (exact) mass is 350 g/mol. The molecule has 0 bridgehead atoms. The second-order valence-corrected chi connectivity index (χ2v) is 5.43. The molecule has 1 aromatic heterocycles. The minimum atomic E-state index is -4.60. The number of aromatic nitrogens is 1. The molecule has 0 aliphatic heterocycles. The van der Waals surface area contributed by atoms with Crippen LogP contribution in [0.25, 0.3) is 10.9 Å². The van der Waals surface area contributed by atoms with Gasteiger partial charge in [0.2, 0.25) is 0 Å². The summed E-state index contributed by atoms with van der Waals surface area (Å²) in [6, 6.07) is 11.6. The van der Waals surface area contributed by atoms with Crippen molar-refractivity contribution in [1.82, 2.24) is 4.98 Å². The average Bonchev–Trinajstić information content (AvgIpc) is 2.55. The van der Waals surface area contributed by atoms with Crippen molar-refractivity contribution in [3.8, 4) is 0 Å². The number of carbonyl (C=O) groups excluding carboxylic acids is 1. The van der Waals surface area contributed by atoms with Gasteiger partial charge in [-0.05, 0) is 36.4 Å². The first-order valence-electron chi connectivity index (χ1n) is 6.88. The van der Waals surface area contributed by atoms with Crippen LogP contribution >= 0.6 is 11.6 Å². The molecule has 0 saturated carbocycles. The highest BCUT2D eigenvalue weighted by molar-refractivity contribution is 6.31. The summed E-state index contributed by atoms with van der Waals surface area (Å²) in [4.78, 5) is 16.6. The Kier molecular flexibility index (Phi) is 4.15. The van der Waals surface area contributed by atoms with E-state index in [0.717, 1.165) is 12.1 Å². The zero-order chi connectivity index (χ0) is 17.3. The van der Waals surface area contributed by atoms with Crippen LogP contribution in [0.15, 0.2) is 54.7 Å². The van der Waals surface area contributed by atoms with Crippen molar-refractivity contribution in [2.75, 3.05) is 5.32 Å². The van der Waals surface area contributed by atoms with Crippen molar-refractivity contribution in [1.29, 1.82) is 0 Å². The largest absolute Gasteiger partial charge is 0.417 e. The number of nitrogens with zero attached hydrogens (tertiary/aromatic N) is 1. The fourth-order valence-electron chi connectivity index (χ4n) is 2.32. The number of halogens is 4. The van der Waals surface area contributed by atoms with Gasteiger partial charge in [-0.15, -0.1) is 0 Å². The summed E-state index contributed by atoms with van der Waals surface area (Å²) in [5, 5.41) is 2.66. The van der Waals surface area contributed by atoms with E-state index in [0.29, 0.717) is 16.5 Å². The van der Waals surface area contributed by atoms with Crippen LogP contribution in [0.5, 0.6) is 0 Å². The van der Waals surface area contributed by atoms with Crippen molar-refractivity contribution in [3.05, 3.63) is 70.9 Å². The van der Waals surface area contributed by atoms with E-state index < -0.39 is 22.7 Å². The first-order chi connectivity index (χ1) is 11.4. The molecule has 0 atom stereocenters. The van der Waals surface area contributed by atoms with Crippen LogP contribution in [0.3, 0.4) is 0 Å². The van der Waals surface area contributed by atoms with Crippen molar-refractivity contribution >= 4 is 34.1 Å². The molecule has 0 saturated heterocycles. The highest BCUT2D eigenvalue weighted by Crippen LogP contribution is 2.36. The van der Waals surface area contributed by atoms with Crippen LogP contribution in [0.2, 0.25) is 5.02 Å².